The van der Waals surface area contributed by atoms with Gasteiger partial charge in [0.15, 0.2) is 0 Å². The summed E-state index contributed by atoms with van der Waals surface area (Å²) < 4.78 is 0. The van der Waals surface area contributed by atoms with Crippen molar-refractivity contribution in [2.75, 3.05) is 16.8 Å². The Morgan fingerprint density at radius 2 is 2.33 bits per heavy atom. The molecule has 1 aromatic rings. The summed E-state index contributed by atoms with van der Waals surface area (Å²) in [7, 11) is 0. The van der Waals surface area contributed by atoms with E-state index in [1.54, 1.807) is 11.3 Å². The average molecular weight is 325 g/mol. The first kappa shape index (κ1) is 12.2. The van der Waals surface area contributed by atoms with Gasteiger partial charge in [-0.05, 0) is 30.7 Å². The predicted octanol–water partition coefficient (Wildman–Crippen LogP) is 2.86. The molecule has 94 valence electrons. The molecule has 2 aliphatic rings. The van der Waals surface area contributed by atoms with Gasteiger partial charge in [0.05, 0.1) is 5.56 Å². The molecule has 0 bridgehead atoms. The van der Waals surface area contributed by atoms with E-state index in [1.807, 2.05) is 4.90 Å². The van der Waals surface area contributed by atoms with E-state index in [1.165, 1.54) is 10.4 Å². The van der Waals surface area contributed by atoms with Crippen molar-refractivity contribution in [3.63, 3.8) is 0 Å². The predicted molar refractivity (Wildman–Crippen MR) is 75.3 cm³/mol. The third kappa shape index (κ3) is 1.79. The van der Waals surface area contributed by atoms with Gasteiger partial charge in [-0.2, -0.15) is 5.26 Å². The minimum absolute atomic E-state index is 0.163. The summed E-state index contributed by atoms with van der Waals surface area (Å²) in [6.07, 6.45) is 3.81. The number of aryl methyl sites for hydroxylation is 1. The number of anilines is 1. The monoisotopic (exact) mass is 324 g/mol. The second-order valence-electron chi connectivity index (χ2n) is 4.88. The Morgan fingerprint density at radius 3 is 3.00 bits per heavy atom. The molecular formula is C13H13BrN2OS. The number of fused-ring (bicyclic) bond motifs is 1. The van der Waals surface area contributed by atoms with Gasteiger partial charge in [0, 0.05) is 23.2 Å². The van der Waals surface area contributed by atoms with Gasteiger partial charge in [-0.15, -0.1) is 11.3 Å². The fourth-order valence-electron chi connectivity index (χ4n) is 2.78. The zero-order valence-corrected chi connectivity index (χ0v) is 12.3. The summed E-state index contributed by atoms with van der Waals surface area (Å²) in [6.45, 7) is 0.748. The molecule has 1 unspecified atom stereocenters. The zero-order valence-electron chi connectivity index (χ0n) is 9.91. The Kier molecular flexibility index (Phi) is 3.16. The molecule has 1 aromatic heterocycles. The number of hydrogen-bond acceptors (Lipinski definition) is 3. The Hall–Kier alpha value is -0.860. The number of halogens is 1. The van der Waals surface area contributed by atoms with Gasteiger partial charge >= 0.3 is 0 Å². The van der Waals surface area contributed by atoms with Crippen LogP contribution in [0.5, 0.6) is 0 Å². The molecule has 0 saturated carbocycles. The molecule has 1 aliphatic heterocycles. The average Bonchev–Trinajstić information content (AvgIpc) is 3.01. The number of carbonyl (C=O) groups is 1. The number of thiophene rings is 1. The van der Waals surface area contributed by atoms with Crippen molar-refractivity contribution in [2.24, 2.45) is 5.92 Å². The molecule has 18 heavy (non-hydrogen) atoms. The Morgan fingerprint density at radius 1 is 1.50 bits per heavy atom. The van der Waals surface area contributed by atoms with Crippen LogP contribution in [0.4, 0.5) is 5.00 Å². The van der Waals surface area contributed by atoms with Crippen LogP contribution in [-0.4, -0.2) is 17.8 Å². The summed E-state index contributed by atoms with van der Waals surface area (Å²) in [5, 5.41) is 11.1. The van der Waals surface area contributed by atoms with Gasteiger partial charge < -0.3 is 4.90 Å². The van der Waals surface area contributed by atoms with Crippen molar-refractivity contribution in [1.82, 2.24) is 0 Å². The molecule has 0 N–H and O–H groups in total. The smallest absolute Gasteiger partial charge is 0.228 e. The highest BCUT2D eigenvalue weighted by atomic mass is 79.9. The Bertz CT molecular complexity index is 546. The lowest BCUT2D eigenvalue weighted by Gasteiger charge is -2.14. The summed E-state index contributed by atoms with van der Waals surface area (Å²) >= 11 is 5.10. The molecule has 5 heteroatoms. The highest BCUT2D eigenvalue weighted by molar-refractivity contribution is 9.09. The Balaban J connectivity index is 1.98. The third-order valence-electron chi connectivity index (χ3n) is 3.68. The highest BCUT2D eigenvalue weighted by Gasteiger charge is 2.34. The lowest BCUT2D eigenvalue weighted by atomic mass is 10.1. The maximum absolute atomic E-state index is 12.0. The minimum atomic E-state index is 0.163. The van der Waals surface area contributed by atoms with E-state index in [0.717, 1.165) is 41.7 Å². The first-order valence-corrected chi connectivity index (χ1v) is 8.09. The fourth-order valence-corrected chi connectivity index (χ4v) is 4.57. The van der Waals surface area contributed by atoms with Crippen LogP contribution in [0.3, 0.4) is 0 Å². The molecule has 1 atom stereocenters. The molecule has 1 amide bonds. The number of alkyl halides is 1. The van der Waals surface area contributed by atoms with Crippen LogP contribution in [-0.2, 0) is 17.6 Å². The molecule has 3 rings (SSSR count). The van der Waals surface area contributed by atoms with Crippen LogP contribution in [0.15, 0.2) is 0 Å². The van der Waals surface area contributed by atoms with Gasteiger partial charge in [0.1, 0.15) is 11.1 Å². The topological polar surface area (TPSA) is 44.1 Å². The molecular weight excluding hydrogens is 312 g/mol. The Labute approximate surface area is 119 Å². The molecule has 1 saturated heterocycles. The number of amides is 1. The quantitative estimate of drug-likeness (QED) is 0.785. The SMILES string of the molecule is N#Cc1c(N2CC(CBr)CC2=O)sc2c1CCC2. The maximum Gasteiger partial charge on any atom is 0.228 e. The largest absolute Gasteiger partial charge is 0.302 e. The lowest BCUT2D eigenvalue weighted by Crippen LogP contribution is -2.24. The minimum Gasteiger partial charge on any atom is -0.302 e. The first-order valence-electron chi connectivity index (χ1n) is 6.15. The fraction of sp³-hybridized carbons (Fsp3) is 0.538. The zero-order chi connectivity index (χ0) is 12.7. The van der Waals surface area contributed by atoms with Crippen LogP contribution in [0, 0.1) is 17.2 Å². The number of nitrogens with zero attached hydrogens (tertiary/aromatic N) is 2. The maximum atomic E-state index is 12.0. The van der Waals surface area contributed by atoms with Crippen molar-refractivity contribution in [3.8, 4) is 6.07 Å². The summed E-state index contributed by atoms with van der Waals surface area (Å²) in [5.41, 5.74) is 1.96. The van der Waals surface area contributed by atoms with Gasteiger partial charge in [-0.25, -0.2) is 0 Å². The van der Waals surface area contributed by atoms with Crippen molar-refractivity contribution in [3.05, 3.63) is 16.0 Å². The van der Waals surface area contributed by atoms with Crippen LogP contribution >= 0.6 is 27.3 Å². The number of carbonyl (C=O) groups excluding carboxylic acids is 1. The van der Waals surface area contributed by atoms with Gasteiger partial charge in [0.25, 0.3) is 0 Å². The second kappa shape index (κ2) is 4.67. The van der Waals surface area contributed by atoms with E-state index < -0.39 is 0 Å². The van der Waals surface area contributed by atoms with Crippen LogP contribution in [0.25, 0.3) is 0 Å². The van der Waals surface area contributed by atoms with E-state index >= 15 is 0 Å². The second-order valence-corrected chi connectivity index (χ2v) is 6.61. The van der Waals surface area contributed by atoms with E-state index in [2.05, 4.69) is 22.0 Å². The van der Waals surface area contributed by atoms with Gasteiger partial charge in [0.2, 0.25) is 5.91 Å². The summed E-state index contributed by atoms with van der Waals surface area (Å²) in [5.74, 6) is 0.539. The first-order chi connectivity index (χ1) is 8.74. The van der Waals surface area contributed by atoms with E-state index in [-0.39, 0.29) is 5.91 Å². The normalized spacial score (nSPS) is 22.3. The molecule has 1 fully saturated rings. The number of hydrogen-bond donors (Lipinski definition) is 0. The van der Waals surface area contributed by atoms with E-state index in [4.69, 9.17) is 0 Å². The third-order valence-corrected chi connectivity index (χ3v) is 5.91. The molecule has 0 aromatic carbocycles. The standard InChI is InChI=1S/C13H13BrN2OS/c14-5-8-4-12(17)16(7-8)13-10(6-15)9-2-1-3-11(9)18-13/h8H,1-5,7H2. The molecule has 2 heterocycles. The molecule has 1 aliphatic carbocycles. The van der Waals surface area contributed by atoms with Crippen molar-refractivity contribution in [1.29, 1.82) is 5.26 Å². The highest BCUT2D eigenvalue weighted by Crippen LogP contribution is 2.42. The molecule has 0 spiro atoms. The molecule has 3 nitrogen and oxygen atoms in total. The van der Waals surface area contributed by atoms with Crippen molar-refractivity contribution in [2.45, 2.75) is 25.7 Å². The number of rotatable bonds is 2. The molecule has 0 radical (unpaired) electrons. The summed E-state index contributed by atoms with van der Waals surface area (Å²) in [6, 6.07) is 2.31. The van der Waals surface area contributed by atoms with Crippen LogP contribution in [0.1, 0.15) is 28.8 Å². The summed E-state index contributed by atoms with van der Waals surface area (Å²) in [4.78, 5) is 15.2. The van der Waals surface area contributed by atoms with Crippen LogP contribution < -0.4 is 4.90 Å². The van der Waals surface area contributed by atoms with Gasteiger partial charge in [-0.1, -0.05) is 15.9 Å². The lowest BCUT2D eigenvalue weighted by molar-refractivity contribution is -0.117. The van der Waals surface area contributed by atoms with Crippen LogP contribution in [0.2, 0.25) is 0 Å². The van der Waals surface area contributed by atoms with E-state index in [9.17, 15) is 10.1 Å². The van der Waals surface area contributed by atoms with Crippen molar-refractivity contribution >= 4 is 38.2 Å². The number of nitriles is 1. The van der Waals surface area contributed by atoms with E-state index in [0.29, 0.717) is 12.3 Å². The van der Waals surface area contributed by atoms with Gasteiger partial charge in [-0.3, -0.25) is 4.79 Å². The van der Waals surface area contributed by atoms with Crippen molar-refractivity contribution < 1.29 is 4.79 Å².